The molecular weight excluding hydrogens is 266 g/mol. The smallest absolute Gasteiger partial charge is 0.326 e. The Morgan fingerprint density at radius 1 is 1.33 bits per heavy atom. The van der Waals surface area contributed by atoms with Crippen molar-refractivity contribution in [2.24, 2.45) is 5.92 Å². The number of rotatable bonds is 6. The third-order valence-electron chi connectivity index (χ3n) is 5.30. The lowest BCUT2D eigenvalue weighted by Crippen LogP contribution is -2.55. The van der Waals surface area contributed by atoms with Crippen molar-refractivity contribution in [2.75, 3.05) is 53.4 Å². The first-order chi connectivity index (χ1) is 10.1. The lowest BCUT2D eigenvalue weighted by atomic mass is 9.84. The van der Waals surface area contributed by atoms with E-state index < -0.39 is 5.54 Å². The lowest BCUT2D eigenvalue weighted by molar-refractivity contribution is -0.153. The largest absolute Gasteiger partial charge is 0.465 e. The zero-order valence-electron chi connectivity index (χ0n) is 13.9. The van der Waals surface area contributed by atoms with Crippen molar-refractivity contribution in [2.45, 2.75) is 38.1 Å². The Morgan fingerprint density at radius 2 is 2.05 bits per heavy atom. The summed E-state index contributed by atoms with van der Waals surface area (Å²) < 4.78 is 5.33. The Balaban J connectivity index is 1.90. The zero-order chi connectivity index (χ0) is 15.3. The number of nitrogens with zero attached hydrogens (tertiary/aromatic N) is 2. The number of esters is 1. The molecule has 1 heterocycles. The van der Waals surface area contributed by atoms with Crippen LogP contribution in [0.1, 0.15) is 32.6 Å². The van der Waals surface area contributed by atoms with E-state index in [1.54, 1.807) is 0 Å². The molecule has 0 radical (unpaired) electrons. The fourth-order valence-corrected chi connectivity index (χ4v) is 3.84. The molecule has 0 aromatic carbocycles. The number of carbonyl (C=O) groups is 1. The van der Waals surface area contributed by atoms with Gasteiger partial charge < -0.3 is 19.9 Å². The summed E-state index contributed by atoms with van der Waals surface area (Å²) in [5.74, 6) is 0.356. The molecule has 1 saturated carbocycles. The fraction of sp³-hybridized carbons (Fsp3) is 0.938. The summed E-state index contributed by atoms with van der Waals surface area (Å²) in [6.07, 6.45) is 4.25. The first kappa shape index (κ1) is 16.7. The molecule has 1 aliphatic heterocycles. The maximum atomic E-state index is 12.4. The van der Waals surface area contributed by atoms with E-state index in [0.717, 1.165) is 58.4 Å². The SMILES string of the molecule is CCOC(=O)C1(NC)CCCC1CCN1CCN(C)CC1. The number of piperazine rings is 1. The predicted molar refractivity (Wildman–Crippen MR) is 84.3 cm³/mol. The van der Waals surface area contributed by atoms with E-state index in [1.165, 1.54) is 0 Å². The Morgan fingerprint density at radius 3 is 2.67 bits per heavy atom. The van der Waals surface area contributed by atoms with Gasteiger partial charge in [0.1, 0.15) is 5.54 Å². The third-order valence-corrected chi connectivity index (χ3v) is 5.30. The summed E-state index contributed by atoms with van der Waals surface area (Å²) in [4.78, 5) is 17.3. The van der Waals surface area contributed by atoms with E-state index in [2.05, 4.69) is 22.2 Å². The molecule has 0 spiro atoms. The van der Waals surface area contributed by atoms with Crippen LogP contribution < -0.4 is 5.32 Å². The van der Waals surface area contributed by atoms with Crippen LogP contribution in [-0.2, 0) is 9.53 Å². The molecule has 21 heavy (non-hydrogen) atoms. The van der Waals surface area contributed by atoms with Crippen molar-refractivity contribution in [1.29, 1.82) is 0 Å². The first-order valence-electron chi connectivity index (χ1n) is 8.39. The summed E-state index contributed by atoms with van der Waals surface area (Å²) in [6.45, 7) is 8.05. The second kappa shape index (κ2) is 7.56. The molecule has 1 saturated heterocycles. The summed E-state index contributed by atoms with van der Waals surface area (Å²) in [5.41, 5.74) is -0.442. The van der Waals surface area contributed by atoms with Gasteiger partial charge in [0.2, 0.25) is 0 Å². The van der Waals surface area contributed by atoms with Crippen LogP contribution >= 0.6 is 0 Å². The topological polar surface area (TPSA) is 44.8 Å². The quantitative estimate of drug-likeness (QED) is 0.740. The molecule has 2 fully saturated rings. The van der Waals surface area contributed by atoms with Crippen molar-refractivity contribution < 1.29 is 9.53 Å². The van der Waals surface area contributed by atoms with E-state index in [1.807, 2.05) is 14.0 Å². The van der Waals surface area contributed by atoms with Crippen molar-refractivity contribution in [1.82, 2.24) is 15.1 Å². The Kier molecular flexibility index (Phi) is 6.02. The molecule has 0 amide bonds. The monoisotopic (exact) mass is 297 g/mol. The van der Waals surface area contributed by atoms with Crippen molar-refractivity contribution in [3.63, 3.8) is 0 Å². The van der Waals surface area contributed by atoms with Gasteiger partial charge in [0.05, 0.1) is 6.61 Å². The average Bonchev–Trinajstić information content (AvgIpc) is 2.91. The molecular formula is C16H31N3O2. The summed E-state index contributed by atoms with van der Waals surface area (Å²) in [5, 5.41) is 3.31. The number of hydrogen-bond acceptors (Lipinski definition) is 5. The summed E-state index contributed by atoms with van der Waals surface area (Å²) in [6, 6.07) is 0. The van der Waals surface area contributed by atoms with Crippen LogP contribution in [-0.4, -0.2) is 74.7 Å². The van der Waals surface area contributed by atoms with E-state index >= 15 is 0 Å². The summed E-state index contributed by atoms with van der Waals surface area (Å²) in [7, 11) is 4.09. The van der Waals surface area contributed by atoms with Gasteiger partial charge >= 0.3 is 5.97 Å². The van der Waals surface area contributed by atoms with Gasteiger partial charge in [-0.2, -0.15) is 0 Å². The lowest BCUT2D eigenvalue weighted by Gasteiger charge is -2.36. The van der Waals surface area contributed by atoms with Crippen LogP contribution in [0, 0.1) is 5.92 Å². The zero-order valence-corrected chi connectivity index (χ0v) is 13.9. The van der Waals surface area contributed by atoms with Gasteiger partial charge in [-0.05, 0) is 52.7 Å². The van der Waals surface area contributed by atoms with E-state index in [4.69, 9.17) is 4.74 Å². The van der Waals surface area contributed by atoms with Crippen LogP contribution in [0.15, 0.2) is 0 Å². The minimum Gasteiger partial charge on any atom is -0.465 e. The van der Waals surface area contributed by atoms with Crippen molar-refractivity contribution >= 4 is 5.97 Å². The maximum absolute atomic E-state index is 12.4. The number of likely N-dealkylation sites (N-methyl/N-ethyl adjacent to an activating group) is 2. The van der Waals surface area contributed by atoms with Crippen LogP contribution in [0.2, 0.25) is 0 Å². The standard InChI is InChI=1S/C16H31N3O2/c1-4-21-15(20)16(17-2)8-5-6-14(16)7-9-19-12-10-18(3)11-13-19/h14,17H,4-13H2,1-3H3. The number of hydrogen-bond donors (Lipinski definition) is 1. The molecule has 0 aromatic heterocycles. The normalized spacial score (nSPS) is 31.5. The predicted octanol–water partition coefficient (Wildman–Crippen LogP) is 0.945. The van der Waals surface area contributed by atoms with Gasteiger partial charge in [0.25, 0.3) is 0 Å². The second-order valence-corrected chi connectivity index (χ2v) is 6.46. The van der Waals surface area contributed by atoms with Crippen LogP contribution in [0.25, 0.3) is 0 Å². The number of nitrogens with one attached hydrogen (secondary N) is 1. The number of ether oxygens (including phenoxy) is 1. The summed E-state index contributed by atoms with van der Waals surface area (Å²) >= 11 is 0. The van der Waals surface area contributed by atoms with E-state index in [9.17, 15) is 4.79 Å². The van der Waals surface area contributed by atoms with Crippen LogP contribution in [0.4, 0.5) is 0 Å². The van der Waals surface area contributed by atoms with Crippen molar-refractivity contribution in [3.8, 4) is 0 Å². The van der Waals surface area contributed by atoms with Crippen molar-refractivity contribution in [3.05, 3.63) is 0 Å². The molecule has 5 nitrogen and oxygen atoms in total. The highest BCUT2D eigenvalue weighted by Gasteiger charge is 2.48. The highest BCUT2D eigenvalue weighted by molar-refractivity contribution is 5.81. The Hall–Kier alpha value is -0.650. The molecule has 5 heteroatoms. The molecule has 1 aliphatic carbocycles. The minimum absolute atomic E-state index is 0.0478. The van der Waals surface area contributed by atoms with Gasteiger partial charge in [0.15, 0.2) is 0 Å². The van der Waals surface area contributed by atoms with Crippen LogP contribution in [0.3, 0.4) is 0 Å². The van der Waals surface area contributed by atoms with Gasteiger partial charge in [0, 0.05) is 26.2 Å². The highest BCUT2D eigenvalue weighted by atomic mass is 16.5. The van der Waals surface area contributed by atoms with Gasteiger partial charge in [-0.25, -0.2) is 0 Å². The highest BCUT2D eigenvalue weighted by Crippen LogP contribution is 2.38. The van der Waals surface area contributed by atoms with Gasteiger partial charge in [-0.1, -0.05) is 6.42 Å². The first-order valence-corrected chi connectivity index (χ1v) is 8.39. The molecule has 0 aromatic rings. The van der Waals surface area contributed by atoms with Gasteiger partial charge in [-0.3, -0.25) is 4.79 Å². The molecule has 2 unspecified atom stereocenters. The molecule has 2 atom stereocenters. The second-order valence-electron chi connectivity index (χ2n) is 6.46. The molecule has 122 valence electrons. The minimum atomic E-state index is -0.442. The average molecular weight is 297 g/mol. The van der Waals surface area contributed by atoms with Gasteiger partial charge in [-0.15, -0.1) is 0 Å². The molecule has 0 bridgehead atoms. The van der Waals surface area contributed by atoms with Crippen LogP contribution in [0.5, 0.6) is 0 Å². The molecule has 2 rings (SSSR count). The molecule has 2 aliphatic rings. The third kappa shape index (κ3) is 3.76. The molecule has 1 N–H and O–H groups in total. The van der Waals surface area contributed by atoms with E-state index in [0.29, 0.717) is 12.5 Å². The Labute approximate surface area is 129 Å². The Bertz CT molecular complexity index is 342. The van der Waals surface area contributed by atoms with E-state index in [-0.39, 0.29) is 5.97 Å². The maximum Gasteiger partial charge on any atom is 0.326 e. The fourth-order valence-electron chi connectivity index (χ4n) is 3.84. The number of carbonyl (C=O) groups excluding carboxylic acids is 1.